The van der Waals surface area contributed by atoms with E-state index >= 15 is 0 Å². The van der Waals surface area contributed by atoms with Gasteiger partial charge in [0.05, 0.1) is 12.0 Å². The van der Waals surface area contributed by atoms with E-state index in [2.05, 4.69) is 10.6 Å². The summed E-state index contributed by atoms with van der Waals surface area (Å²) < 4.78 is 0. The summed E-state index contributed by atoms with van der Waals surface area (Å²) >= 11 is 0. The molecule has 3 N–H and O–H groups in total. The van der Waals surface area contributed by atoms with E-state index in [-0.39, 0.29) is 36.8 Å². The van der Waals surface area contributed by atoms with Crippen LogP contribution in [-0.2, 0) is 16.0 Å². The standard InChI is InChI=1S/C13H16N2O4/c1-14-11(16)6-7-15-12(17)8-9-4-2-3-5-10(9)13(18)19/h2-5H,6-8H2,1H3,(H,14,16)(H,15,17)(H,18,19). The number of hydrogen-bond donors (Lipinski definition) is 3. The van der Waals surface area contributed by atoms with Gasteiger partial charge in [-0.25, -0.2) is 4.79 Å². The number of carboxylic acids is 1. The summed E-state index contributed by atoms with van der Waals surface area (Å²) in [5.41, 5.74) is 0.566. The minimum Gasteiger partial charge on any atom is -0.478 e. The minimum atomic E-state index is -1.06. The molecule has 6 nitrogen and oxygen atoms in total. The first-order valence-corrected chi connectivity index (χ1v) is 5.83. The molecule has 0 aliphatic heterocycles. The average Bonchev–Trinajstić information content (AvgIpc) is 2.38. The molecule has 6 heteroatoms. The van der Waals surface area contributed by atoms with E-state index in [1.54, 1.807) is 18.2 Å². The molecular formula is C13H16N2O4. The second kappa shape index (κ2) is 7.15. The molecule has 0 aliphatic rings. The Morgan fingerprint density at radius 2 is 1.84 bits per heavy atom. The maximum Gasteiger partial charge on any atom is 0.335 e. The van der Waals surface area contributed by atoms with Gasteiger partial charge in [0.2, 0.25) is 11.8 Å². The van der Waals surface area contributed by atoms with Gasteiger partial charge >= 0.3 is 5.97 Å². The molecule has 0 spiro atoms. The monoisotopic (exact) mass is 264 g/mol. The number of amides is 2. The van der Waals surface area contributed by atoms with Gasteiger partial charge in [-0.3, -0.25) is 9.59 Å². The molecule has 0 bridgehead atoms. The van der Waals surface area contributed by atoms with Crippen LogP contribution in [0.25, 0.3) is 0 Å². The van der Waals surface area contributed by atoms with Crippen molar-refractivity contribution in [2.24, 2.45) is 0 Å². The highest BCUT2D eigenvalue weighted by atomic mass is 16.4. The van der Waals surface area contributed by atoms with Crippen LogP contribution in [0.15, 0.2) is 24.3 Å². The third-order valence-electron chi connectivity index (χ3n) is 2.55. The average molecular weight is 264 g/mol. The van der Waals surface area contributed by atoms with Gasteiger partial charge < -0.3 is 15.7 Å². The molecule has 0 saturated carbocycles. The molecule has 2 amide bonds. The van der Waals surface area contributed by atoms with Crippen LogP contribution in [-0.4, -0.2) is 36.5 Å². The van der Waals surface area contributed by atoms with Gasteiger partial charge in [-0.15, -0.1) is 0 Å². The van der Waals surface area contributed by atoms with Gasteiger partial charge in [0.25, 0.3) is 0 Å². The topological polar surface area (TPSA) is 95.5 Å². The van der Waals surface area contributed by atoms with Gasteiger partial charge in [0.15, 0.2) is 0 Å². The third kappa shape index (κ3) is 4.79. The number of carbonyl (C=O) groups is 3. The van der Waals surface area contributed by atoms with Gasteiger partial charge in [0, 0.05) is 20.0 Å². The lowest BCUT2D eigenvalue weighted by Crippen LogP contribution is -2.30. The summed E-state index contributed by atoms with van der Waals surface area (Å²) in [5.74, 6) is -1.53. The van der Waals surface area contributed by atoms with Crippen molar-refractivity contribution in [3.8, 4) is 0 Å². The maximum atomic E-state index is 11.6. The van der Waals surface area contributed by atoms with Crippen LogP contribution in [0.4, 0.5) is 0 Å². The first kappa shape index (κ1) is 14.7. The molecule has 0 atom stereocenters. The maximum absolute atomic E-state index is 11.6. The molecule has 0 aromatic heterocycles. The highest BCUT2D eigenvalue weighted by molar-refractivity contribution is 5.91. The van der Waals surface area contributed by atoms with Crippen molar-refractivity contribution >= 4 is 17.8 Å². The molecule has 0 heterocycles. The Bertz CT molecular complexity index is 485. The zero-order chi connectivity index (χ0) is 14.3. The third-order valence-corrected chi connectivity index (χ3v) is 2.55. The van der Waals surface area contributed by atoms with E-state index in [1.165, 1.54) is 13.1 Å². The van der Waals surface area contributed by atoms with Crippen LogP contribution in [0.3, 0.4) is 0 Å². The predicted molar refractivity (Wildman–Crippen MR) is 68.8 cm³/mol. The fourth-order valence-corrected chi connectivity index (χ4v) is 1.56. The molecule has 0 aliphatic carbocycles. The Balaban J connectivity index is 2.53. The van der Waals surface area contributed by atoms with Crippen molar-refractivity contribution < 1.29 is 19.5 Å². The summed E-state index contributed by atoms with van der Waals surface area (Å²) in [7, 11) is 1.52. The molecule has 0 saturated heterocycles. The second-order valence-corrected chi connectivity index (χ2v) is 3.91. The van der Waals surface area contributed by atoms with Gasteiger partial charge in [-0.1, -0.05) is 18.2 Å². The SMILES string of the molecule is CNC(=O)CCNC(=O)Cc1ccccc1C(=O)O. The largest absolute Gasteiger partial charge is 0.478 e. The lowest BCUT2D eigenvalue weighted by Gasteiger charge is -2.07. The second-order valence-electron chi connectivity index (χ2n) is 3.91. The lowest BCUT2D eigenvalue weighted by atomic mass is 10.0. The van der Waals surface area contributed by atoms with Crippen LogP contribution < -0.4 is 10.6 Å². The van der Waals surface area contributed by atoms with Crippen molar-refractivity contribution in [3.63, 3.8) is 0 Å². The molecule has 1 aromatic carbocycles. The van der Waals surface area contributed by atoms with Crippen LogP contribution in [0.2, 0.25) is 0 Å². The quantitative estimate of drug-likeness (QED) is 0.683. The Morgan fingerprint density at radius 1 is 1.16 bits per heavy atom. The zero-order valence-corrected chi connectivity index (χ0v) is 10.6. The van der Waals surface area contributed by atoms with Gasteiger partial charge in [-0.05, 0) is 11.6 Å². The lowest BCUT2D eigenvalue weighted by molar-refractivity contribution is -0.121. The number of nitrogens with one attached hydrogen (secondary N) is 2. The normalized spacial score (nSPS) is 9.74. The molecule has 19 heavy (non-hydrogen) atoms. The first-order valence-electron chi connectivity index (χ1n) is 5.83. The summed E-state index contributed by atoms with van der Waals surface area (Å²) in [5, 5.41) is 14.0. The smallest absolute Gasteiger partial charge is 0.335 e. The van der Waals surface area contributed by atoms with Gasteiger partial charge in [-0.2, -0.15) is 0 Å². The Morgan fingerprint density at radius 3 is 2.47 bits per heavy atom. The van der Waals surface area contributed by atoms with Crippen LogP contribution in [0, 0.1) is 0 Å². The first-order chi connectivity index (χ1) is 9.04. The summed E-state index contributed by atoms with van der Waals surface area (Å²) in [4.78, 5) is 33.5. The summed E-state index contributed by atoms with van der Waals surface area (Å²) in [6.07, 6.45) is 0.180. The Kier molecular flexibility index (Phi) is 5.53. The Hall–Kier alpha value is -2.37. The van der Waals surface area contributed by atoms with E-state index in [1.807, 2.05) is 0 Å². The zero-order valence-electron chi connectivity index (χ0n) is 10.6. The molecule has 1 aromatic rings. The minimum absolute atomic E-state index is 0.0176. The summed E-state index contributed by atoms with van der Waals surface area (Å²) in [6, 6.07) is 6.34. The van der Waals surface area contributed by atoms with Crippen molar-refractivity contribution in [3.05, 3.63) is 35.4 Å². The van der Waals surface area contributed by atoms with E-state index in [0.29, 0.717) is 5.56 Å². The summed E-state index contributed by atoms with van der Waals surface area (Å²) in [6.45, 7) is 0.230. The highest BCUT2D eigenvalue weighted by Gasteiger charge is 2.12. The van der Waals surface area contributed by atoms with Crippen molar-refractivity contribution in [1.82, 2.24) is 10.6 Å². The van der Waals surface area contributed by atoms with Crippen LogP contribution >= 0.6 is 0 Å². The predicted octanol–water partition coefficient (Wildman–Crippen LogP) is 0.180. The number of carbonyl (C=O) groups excluding carboxylic acids is 2. The number of rotatable bonds is 6. The fourth-order valence-electron chi connectivity index (χ4n) is 1.56. The molecule has 102 valence electrons. The highest BCUT2D eigenvalue weighted by Crippen LogP contribution is 2.09. The van der Waals surface area contributed by atoms with E-state index in [0.717, 1.165) is 0 Å². The van der Waals surface area contributed by atoms with E-state index in [9.17, 15) is 14.4 Å². The number of hydrogen-bond acceptors (Lipinski definition) is 3. The van der Waals surface area contributed by atoms with E-state index < -0.39 is 5.97 Å². The van der Waals surface area contributed by atoms with Crippen molar-refractivity contribution in [1.29, 1.82) is 0 Å². The van der Waals surface area contributed by atoms with Crippen molar-refractivity contribution in [2.45, 2.75) is 12.8 Å². The number of aromatic carboxylic acids is 1. The van der Waals surface area contributed by atoms with E-state index in [4.69, 9.17) is 5.11 Å². The fraction of sp³-hybridized carbons (Fsp3) is 0.308. The van der Waals surface area contributed by atoms with Crippen molar-refractivity contribution in [2.75, 3.05) is 13.6 Å². The molecular weight excluding hydrogens is 248 g/mol. The molecule has 1 rings (SSSR count). The van der Waals surface area contributed by atoms with Crippen LogP contribution in [0.5, 0.6) is 0 Å². The number of benzene rings is 1. The Labute approximate surface area is 110 Å². The number of carboxylic acid groups (broad SMARTS) is 1. The van der Waals surface area contributed by atoms with Gasteiger partial charge in [0.1, 0.15) is 0 Å². The molecule has 0 unspecified atom stereocenters. The molecule has 0 fully saturated rings. The molecule has 0 radical (unpaired) electrons. The van der Waals surface area contributed by atoms with Crippen LogP contribution in [0.1, 0.15) is 22.3 Å².